The zero-order valence-corrected chi connectivity index (χ0v) is 10.7. The van der Waals surface area contributed by atoms with E-state index in [9.17, 15) is 4.79 Å². The SMILES string of the molecule is CCN(Cc1ccccc1C#N)C(=O)n1ccnc1. The number of carbonyl (C=O) groups excluding carboxylic acids is 1. The van der Waals surface area contributed by atoms with E-state index in [0.29, 0.717) is 18.7 Å². The maximum atomic E-state index is 12.2. The molecule has 0 atom stereocenters. The summed E-state index contributed by atoms with van der Waals surface area (Å²) in [4.78, 5) is 17.7. The Bertz CT molecular complexity index is 598. The summed E-state index contributed by atoms with van der Waals surface area (Å²) in [5.41, 5.74) is 1.44. The van der Waals surface area contributed by atoms with Crippen molar-refractivity contribution in [2.24, 2.45) is 0 Å². The van der Waals surface area contributed by atoms with Crippen LogP contribution in [0.1, 0.15) is 18.1 Å². The van der Waals surface area contributed by atoms with Gasteiger partial charge in [-0.1, -0.05) is 18.2 Å². The third-order valence-electron chi connectivity index (χ3n) is 2.88. The van der Waals surface area contributed by atoms with E-state index in [4.69, 9.17) is 5.26 Å². The average Bonchev–Trinajstić information content (AvgIpc) is 2.98. The van der Waals surface area contributed by atoms with Crippen molar-refractivity contribution in [1.29, 1.82) is 5.26 Å². The highest BCUT2D eigenvalue weighted by Crippen LogP contribution is 2.11. The molecule has 5 nitrogen and oxygen atoms in total. The van der Waals surface area contributed by atoms with Crippen LogP contribution in [0.25, 0.3) is 0 Å². The summed E-state index contributed by atoms with van der Waals surface area (Å²) in [6.07, 6.45) is 4.65. The van der Waals surface area contributed by atoms with E-state index in [1.807, 2.05) is 25.1 Å². The quantitative estimate of drug-likeness (QED) is 0.843. The first-order chi connectivity index (χ1) is 9.26. The van der Waals surface area contributed by atoms with E-state index in [-0.39, 0.29) is 6.03 Å². The third kappa shape index (κ3) is 2.80. The Kier molecular flexibility index (Phi) is 3.94. The van der Waals surface area contributed by atoms with Gasteiger partial charge < -0.3 is 4.90 Å². The standard InChI is InChI=1S/C14H14N4O/c1-2-17(14(19)18-8-7-16-11-18)10-13-6-4-3-5-12(13)9-15/h3-8,11H,2,10H2,1H3. The number of nitriles is 1. The van der Waals surface area contributed by atoms with Gasteiger partial charge >= 0.3 is 6.03 Å². The number of carbonyl (C=O) groups is 1. The van der Waals surface area contributed by atoms with Gasteiger partial charge in [-0.2, -0.15) is 5.26 Å². The number of hydrogen-bond acceptors (Lipinski definition) is 3. The second-order valence-corrected chi connectivity index (χ2v) is 4.04. The highest BCUT2D eigenvalue weighted by atomic mass is 16.2. The molecule has 1 aromatic heterocycles. The van der Waals surface area contributed by atoms with Crippen molar-refractivity contribution in [2.75, 3.05) is 6.54 Å². The molecule has 0 aliphatic rings. The lowest BCUT2D eigenvalue weighted by atomic mass is 10.1. The molecule has 0 bridgehead atoms. The lowest BCUT2D eigenvalue weighted by Crippen LogP contribution is -2.33. The van der Waals surface area contributed by atoms with Crippen LogP contribution in [-0.2, 0) is 6.54 Å². The van der Waals surface area contributed by atoms with Crippen molar-refractivity contribution in [3.8, 4) is 6.07 Å². The van der Waals surface area contributed by atoms with Gasteiger partial charge in [0.1, 0.15) is 6.33 Å². The number of amides is 1. The van der Waals surface area contributed by atoms with Crippen LogP contribution in [0.15, 0.2) is 43.0 Å². The Labute approximate surface area is 111 Å². The van der Waals surface area contributed by atoms with Gasteiger partial charge in [0.2, 0.25) is 0 Å². The molecule has 0 saturated carbocycles. The Morgan fingerprint density at radius 3 is 2.89 bits per heavy atom. The predicted octanol–water partition coefficient (Wildman–Crippen LogP) is 2.24. The minimum atomic E-state index is -0.146. The summed E-state index contributed by atoms with van der Waals surface area (Å²) in [6, 6.07) is 9.30. The molecule has 1 aromatic carbocycles. The minimum absolute atomic E-state index is 0.146. The van der Waals surface area contributed by atoms with Gasteiger partial charge in [-0.25, -0.2) is 9.78 Å². The lowest BCUT2D eigenvalue weighted by Gasteiger charge is -2.21. The number of hydrogen-bond donors (Lipinski definition) is 0. The Hall–Kier alpha value is -2.61. The van der Waals surface area contributed by atoms with Crippen molar-refractivity contribution < 1.29 is 4.79 Å². The summed E-state index contributed by atoms with van der Waals surface area (Å²) in [7, 11) is 0. The van der Waals surface area contributed by atoms with Crippen LogP contribution in [0.4, 0.5) is 4.79 Å². The first-order valence-corrected chi connectivity index (χ1v) is 6.01. The fourth-order valence-electron chi connectivity index (χ4n) is 1.82. The number of aromatic nitrogens is 2. The zero-order valence-electron chi connectivity index (χ0n) is 10.7. The normalized spacial score (nSPS) is 9.89. The van der Waals surface area contributed by atoms with Crippen LogP contribution in [0.5, 0.6) is 0 Å². The molecule has 5 heteroatoms. The summed E-state index contributed by atoms with van der Waals surface area (Å²) in [6.45, 7) is 2.89. The van der Waals surface area contributed by atoms with Gasteiger partial charge in [0.15, 0.2) is 0 Å². The minimum Gasteiger partial charge on any atom is -0.320 e. The lowest BCUT2D eigenvalue weighted by molar-refractivity contribution is 0.199. The Morgan fingerprint density at radius 1 is 1.47 bits per heavy atom. The van der Waals surface area contributed by atoms with E-state index >= 15 is 0 Å². The molecule has 1 amide bonds. The number of imidazole rings is 1. The largest absolute Gasteiger partial charge is 0.329 e. The predicted molar refractivity (Wildman–Crippen MR) is 70.3 cm³/mol. The topological polar surface area (TPSA) is 61.9 Å². The maximum absolute atomic E-state index is 12.2. The van der Waals surface area contributed by atoms with Gasteiger partial charge in [0, 0.05) is 25.5 Å². The first-order valence-electron chi connectivity index (χ1n) is 6.01. The van der Waals surface area contributed by atoms with Crippen molar-refractivity contribution >= 4 is 6.03 Å². The van der Waals surface area contributed by atoms with E-state index < -0.39 is 0 Å². The second kappa shape index (κ2) is 5.83. The van der Waals surface area contributed by atoms with Gasteiger partial charge in [0.05, 0.1) is 11.6 Å². The van der Waals surface area contributed by atoms with Crippen LogP contribution in [0.3, 0.4) is 0 Å². The van der Waals surface area contributed by atoms with E-state index in [1.165, 1.54) is 10.9 Å². The maximum Gasteiger partial charge on any atom is 0.329 e. The molecule has 0 spiro atoms. The summed E-state index contributed by atoms with van der Waals surface area (Å²) < 4.78 is 1.43. The summed E-state index contributed by atoms with van der Waals surface area (Å²) in [5.74, 6) is 0. The van der Waals surface area contributed by atoms with E-state index in [0.717, 1.165) is 5.56 Å². The summed E-state index contributed by atoms with van der Waals surface area (Å²) in [5, 5.41) is 9.06. The highest BCUT2D eigenvalue weighted by Gasteiger charge is 2.15. The molecule has 0 aliphatic heterocycles. The third-order valence-corrected chi connectivity index (χ3v) is 2.88. The molecule has 0 saturated heterocycles. The molecule has 96 valence electrons. The molecule has 0 N–H and O–H groups in total. The Balaban J connectivity index is 2.20. The molecule has 0 aliphatic carbocycles. The molecule has 1 heterocycles. The van der Waals surface area contributed by atoms with Gasteiger partial charge in [-0.05, 0) is 18.6 Å². The van der Waals surface area contributed by atoms with Crippen LogP contribution < -0.4 is 0 Å². The number of rotatable bonds is 3. The van der Waals surface area contributed by atoms with Crippen LogP contribution in [0, 0.1) is 11.3 Å². The molecule has 2 aromatic rings. The molecule has 19 heavy (non-hydrogen) atoms. The fraction of sp³-hybridized carbons (Fsp3) is 0.214. The van der Waals surface area contributed by atoms with Gasteiger partial charge in [-0.3, -0.25) is 4.57 Å². The van der Waals surface area contributed by atoms with E-state index in [1.54, 1.807) is 23.4 Å². The second-order valence-electron chi connectivity index (χ2n) is 4.04. The molecule has 0 fully saturated rings. The van der Waals surface area contributed by atoms with Gasteiger partial charge in [-0.15, -0.1) is 0 Å². The van der Waals surface area contributed by atoms with Crippen molar-refractivity contribution in [3.05, 3.63) is 54.1 Å². The average molecular weight is 254 g/mol. The number of nitrogens with zero attached hydrogens (tertiary/aromatic N) is 4. The molecule has 2 rings (SSSR count). The van der Waals surface area contributed by atoms with Crippen molar-refractivity contribution in [1.82, 2.24) is 14.5 Å². The summed E-state index contributed by atoms with van der Waals surface area (Å²) >= 11 is 0. The number of benzene rings is 1. The van der Waals surface area contributed by atoms with Crippen LogP contribution in [-0.4, -0.2) is 27.0 Å². The van der Waals surface area contributed by atoms with Crippen LogP contribution in [0.2, 0.25) is 0 Å². The van der Waals surface area contributed by atoms with Crippen LogP contribution >= 0.6 is 0 Å². The smallest absolute Gasteiger partial charge is 0.320 e. The zero-order chi connectivity index (χ0) is 13.7. The first kappa shape index (κ1) is 12.8. The highest BCUT2D eigenvalue weighted by molar-refractivity contribution is 5.76. The van der Waals surface area contributed by atoms with Crippen molar-refractivity contribution in [2.45, 2.75) is 13.5 Å². The monoisotopic (exact) mass is 254 g/mol. The molecule has 0 radical (unpaired) electrons. The fourth-order valence-corrected chi connectivity index (χ4v) is 1.82. The molecular weight excluding hydrogens is 240 g/mol. The molecule has 0 unspecified atom stereocenters. The van der Waals surface area contributed by atoms with Gasteiger partial charge in [0.25, 0.3) is 0 Å². The Morgan fingerprint density at radius 2 is 2.26 bits per heavy atom. The molecular formula is C14H14N4O. The van der Waals surface area contributed by atoms with Crippen molar-refractivity contribution in [3.63, 3.8) is 0 Å². The van der Waals surface area contributed by atoms with E-state index in [2.05, 4.69) is 11.1 Å².